The third-order valence-corrected chi connectivity index (χ3v) is 9.47. The van der Waals surface area contributed by atoms with Crippen molar-refractivity contribution in [2.45, 2.75) is 98.4 Å². The Morgan fingerprint density at radius 1 is 1.14 bits per heavy atom. The number of aromatic nitrogens is 2. The molecule has 0 aromatic carbocycles. The largest absolute Gasteiger partial charge is 0.297 e. The molecule has 7 unspecified atom stereocenters. The second-order valence-corrected chi connectivity index (χ2v) is 10.7. The summed E-state index contributed by atoms with van der Waals surface area (Å²) in [5.74, 6) is 5.16. The molecule has 3 aliphatic carbocycles. The van der Waals surface area contributed by atoms with E-state index in [1.165, 1.54) is 56.9 Å². The number of carbonyl (C=O) groups excluding carboxylic acids is 1. The van der Waals surface area contributed by atoms with Gasteiger partial charge in [0.05, 0.1) is 12.7 Å². The van der Waals surface area contributed by atoms with Crippen molar-refractivity contribution in [3.8, 4) is 0 Å². The van der Waals surface area contributed by atoms with Crippen molar-refractivity contribution in [2.75, 3.05) is 0 Å². The molecule has 4 rings (SSSR count). The first kappa shape index (κ1) is 21.1. The van der Waals surface area contributed by atoms with Crippen LogP contribution in [0.5, 0.6) is 0 Å². The van der Waals surface area contributed by atoms with Gasteiger partial charge in [0, 0.05) is 12.1 Å². The van der Waals surface area contributed by atoms with E-state index in [1.54, 1.807) is 0 Å². The lowest BCUT2D eigenvalue weighted by Gasteiger charge is -2.54. The number of rotatable bonds is 7. The van der Waals surface area contributed by atoms with Gasteiger partial charge in [-0.25, -0.2) is 0 Å². The van der Waals surface area contributed by atoms with Crippen molar-refractivity contribution in [1.29, 1.82) is 0 Å². The first-order valence-electron chi connectivity index (χ1n) is 12.6. The summed E-state index contributed by atoms with van der Waals surface area (Å²) in [6, 6.07) is 0. The molecule has 1 aromatic heterocycles. The third-order valence-electron chi connectivity index (χ3n) is 9.47. The van der Waals surface area contributed by atoms with Gasteiger partial charge in [0.2, 0.25) is 0 Å². The topological polar surface area (TPSA) is 34.9 Å². The van der Waals surface area contributed by atoms with E-state index in [1.807, 2.05) is 10.9 Å². The highest BCUT2D eigenvalue weighted by Crippen LogP contribution is 2.63. The van der Waals surface area contributed by atoms with E-state index in [2.05, 4.69) is 39.0 Å². The van der Waals surface area contributed by atoms with Crippen LogP contribution in [0.3, 0.4) is 0 Å². The van der Waals surface area contributed by atoms with Crippen LogP contribution >= 0.6 is 0 Å². The van der Waals surface area contributed by atoms with E-state index in [0.717, 1.165) is 42.4 Å². The monoisotopic (exact) mass is 398 g/mol. The number of fused-ring (bicyclic) bond motifs is 3. The molecule has 0 radical (unpaired) electrons. The van der Waals surface area contributed by atoms with Gasteiger partial charge in [-0.15, -0.1) is 0 Å². The predicted molar refractivity (Wildman–Crippen MR) is 119 cm³/mol. The van der Waals surface area contributed by atoms with Gasteiger partial charge < -0.3 is 0 Å². The molecule has 29 heavy (non-hydrogen) atoms. The summed E-state index contributed by atoms with van der Waals surface area (Å²) in [6.07, 6.45) is 17.0. The predicted octanol–water partition coefficient (Wildman–Crippen LogP) is 6.31. The molecule has 0 saturated heterocycles. The Kier molecular flexibility index (Phi) is 6.23. The zero-order valence-corrected chi connectivity index (χ0v) is 19.2. The maximum absolute atomic E-state index is 13.3. The quantitative estimate of drug-likeness (QED) is 0.539. The van der Waals surface area contributed by atoms with Crippen LogP contribution in [-0.4, -0.2) is 15.6 Å². The Hall–Kier alpha value is -1.12. The van der Waals surface area contributed by atoms with E-state index in [-0.39, 0.29) is 11.3 Å². The molecule has 1 heterocycles. The van der Waals surface area contributed by atoms with Crippen LogP contribution in [0.2, 0.25) is 0 Å². The van der Waals surface area contributed by atoms with Crippen LogP contribution in [0.25, 0.3) is 0 Å². The van der Waals surface area contributed by atoms with Crippen LogP contribution in [0.15, 0.2) is 12.4 Å². The van der Waals surface area contributed by atoms with Crippen LogP contribution in [0.1, 0.15) is 91.0 Å². The normalized spacial score (nSPS) is 39.2. The number of ketones is 1. The van der Waals surface area contributed by atoms with Crippen LogP contribution in [0.4, 0.5) is 0 Å². The van der Waals surface area contributed by atoms with Gasteiger partial charge in [0.1, 0.15) is 0 Å². The van der Waals surface area contributed by atoms with Crippen molar-refractivity contribution >= 4 is 5.78 Å². The van der Waals surface area contributed by atoms with E-state index < -0.39 is 0 Å². The van der Waals surface area contributed by atoms with Gasteiger partial charge in [0.25, 0.3) is 0 Å². The maximum Gasteiger partial charge on any atom is 0.157 e. The number of carbonyl (C=O) groups is 1. The minimum atomic E-state index is 0.231. The molecule has 162 valence electrons. The molecule has 0 amide bonds. The Bertz CT molecular complexity index is 709. The number of hydrogen-bond acceptors (Lipinski definition) is 2. The minimum Gasteiger partial charge on any atom is -0.297 e. The number of hydrogen-bond donors (Lipinski definition) is 0. The van der Waals surface area contributed by atoms with Gasteiger partial charge in [0.15, 0.2) is 5.78 Å². The molecule has 3 aliphatic rings. The average molecular weight is 399 g/mol. The molecule has 1 aromatic rings. The molecule has 0 spiro atoms. The summed E-state index contributed by atoms with van der Waals surface area (Å²) in [5, 5.41) is 4.43. The fraction of sp³-hybridized carbons (Fsp3) is 0.846. The summed E-state index contributed by atoms with van der Waals surface area (Å²) < 4.78 is 1.88. The molecule has 3 saturated carbocycles. The van der Waals surface area contributed by atoms with Gasteiger partial charge in [-0.05, 0) is 85.5 Å². The molecule has 7 atom stereocenters. The molecular formula is C26H42N2O. The van der Waals surface area contributed by atoms with Crippen LogP contribution in [0, 0.1) is 40.9 Å². The Balaban J connectivity index is 1.49. The lowest BCUT2D eigenvalue weighted by atomic mass is 9.50. The lowest BCUT2D eigenvalue weighted by molar-refractivity contribution is -0.130. The molecule has 0 bridgehead atoms. The van der Waals surface area contributed by atoms with Gasteiger partial charge in [-0.1, -0.05) is 47.0 Å². The highest BCUT2D eigenvalue weighted by Gasteiger charge is 2.57. The zero-order chi connectivity index (χ0) is 20.6. The fourth-order valence-electron chi connectivity index (χ4n) is 8.00. The average Bonchev–Trinajstić information content (AvgIpc) is 3.31. The second kappa shape index (κ2) is 8.55. The van der Waals surface area contributed by atoms with Gasteiger partial charge in [-0.3, -0.25) is 9.48 Å². The number of nitrogens with zero attached hydrogens (tertiary/aromatic N) is 2. The van der Waals surface area contributed by atoms with Crippen molar-refractivity contribution in [1.82, 2.24) is 9.78 Å². The maximum atomic E-state index is 13.3. The summed E-state index contributed by atoms with van der Waals surface area (Å²) in [7, 11) is 0. The molecule has 0 aliphatic heterocycles. The molecule has 3 heteroatoms. The van der Waals surface area contributed by atoms with Crippen molar-refractivity contribution < 1.29 is 4.79 Å². The van der Waals surface area contributed by atoms with E-state index >= 15 is 0 Å². The summed E-state index contributed by atoms with van der Waals surface area (Å²) in [4.78, 5) is 13.3. The van der Waals surface area contributed by atoms with E-state index in [0.29, 0.717) is 12.3 Å². The summed E-state index contributed by atoms with van der Waals surface area (Å²) in [5.41, 5.74) is 1.46. The minimum absolute atomic E-state index is 0.231. The van der Waals surface area contributed by atoms with E-state index in [4.69, 9.17) is 0 Å². The lowest BCUT2D eigenvalue weighted by Crippen LogP contribution is -2.48. The second-order valence-electron chi connectivity index (χ2n) is 10.7. The summed E-state index contributed by atoms with van der Waals surface area (Å²) in [6.45, 7) is 9.86. The smallest absolute Gasteiger partial charge is 0.157 e. The highest BCUT2D eigenvalue weighted by atomic mass is 16.1. The zero-order valence-electron chi connectivity index (χ0n) is 19.2. The molecular weight excluding hydrogens is 356 g/mol. The van der Waals surface area contributed by atoms with Crippen molar-refractivity contribution in [3.05, 3.63) is 18.0 Å². The van der Waals surface area contributed by atoms with E-state index in [9.17, 15) is 4.79 Å². The van der Waals surface area contributed by atoms with Crippen LogP contribution in [-0.2, 0) is 17.8 Å². The third kappa shape index (κ3) is 3.72. The van der Waals surface area contributed by atoms with Crippen molar-refractivity contribution in [3.63, 3.8) is 0 Å². The molecule has 0 N–H and O–H groups in total. The highest BCUT2D eigenvalue weighted by molar-refractivity contribution is 5.82. The number of aryl methyl sites for hydroxylation is 1. The summed E-state index contributed by atoms with van der Waals surface area (Å²) >= 11 is 0. The Labute approximate surface area is 178 Å². The fourth-order valence-corrected chi connectivity index (χ4v) is 8.00. The Morgan fingerprint density at radius 3 is 2.66 bits per heavy atom. The van der Waals surface area contributed by atoms with Crippen LogP contribution < -0.4 is 0 Å². The van der Waals surface area contributed by atoms with Crippen molar-refractivity contribution in [2.24, 2.45) is 40.9 Å². The van der Waals surface area contributed by atoms with Gasteiger partial charge >= 0.3 is 0 Å². The molecule has 3 nitrogen and oxygen atoms in total. The SMILES string of the molecule is CCCC1C(CC)CCC2C1CCC1(C)C(C(=O)Cn3cc(CC)cn3)CCC21. The standard InChI is InChI=1S/C26H42N2O/c1-5-8-20-19(7-3)9-10-22-21(20)13-14-26(4)23(22)11-12-24(26)25(29)17-28-16-18(6-2)15-27-28/h15-16,19-24H,5-14,17H2,1-4H3. The van der Waals surface area contributed by atoms with Gasteiger partial charge in [-0.2, -0.15) is 5.10 Å². The first-order chi connectivity index (χ1) is 14.0. The Morgan fingerprint density at radius 2 is 1.97 bits per heavy atom. The number of Topliss-reactive ketones (excluding diaryl/α,β-unsaturated/α-hetero) is 1. The first-order valence-corrected chi connectivity index (χ1v) is 12.6. The molecule has 3 fully saturated rings.